The maximum atomic E-state index is 10.4. The topological polar surface area (TPSA) is 46.5 Å². The van der Waals surface area contributed by atoms with E-state index in [1.165, 1.54) is 0 Å². The first-order valence-corrected chi connectivity index (χ1v) is 3.49. The summed E-state index contributed by atoms with van der Waals surface area (Å²) >= 11 is 0. The maximum Gasteiger partial charge on any atom is 0.335 e. The minimum Gasteiger partial charge on any atom is -0.479 e. The van der Waals surface area contributed by atoms with Gasteiger partial charge in [0.1, 0.15) is 0 Å². The molecule has 1 saturated heterocycles. The molecule has 1 aliphatic rings. The van der Waals surface area contributed by atoms with Crippen molar-refractivity contribution in [2.45, 2.75) is 38.4 Å². The van der Waals surface area contributed by atoms with Gasteiger partial charge in [0.15, 0.2) is 5.60 Å². The Labute approximate surface area is 60.0 Å². The van der Waals surface area contributed by atoms with Crippen molar-refractivity contribution in [2.24, 2.45) is 0 Å². The molecule has 3 heteroatoms. The van der Waals surface area contributed by atoms with Gasteiger partial charge < -0.3 is 9.84 Å². The SMILES string of the molecule is CCC1CC(C)(C(=O)O)O1. The van der Waals surface area contributed by atoms with Crippen LogP contribution >= 0.6 is 0 Å². The minimum absolute atomic E-state index is 0.168. The van der Waals surface area contributed by atoms with Crippen LogP contribution in [0, 0.1) is 0 Å². The van der Waals surface area contributed by atoms with E-state index in [0.717, 1.165) is 6.42 Å². The van der Waals surface area contributed by atoms with Crippen molar-refractivity contribution in [3.05, 3.63) is 0 Å². The summed E-state index contributed by atoms with van der Waals surface area (Å²) in [6.45, 7) is 3.60. The fourth-order valence-electron chi connectivity index (χ4n) is 1.16. The van der Waals surface area contributed by atoms with Crippen molar-refractivity contribution < 1.29 is 14.6 Å². The van der Waals surface area contributed by atoms with Gasteiger partial charge in [0.2, 0.25) is 0 Å². The standard InChI is InChI=1S/C7H12O3/c1-3-5-4-7(2,10-5)6(8)9/h5H,3-4H2,1-2H3,(H,8,9). The molecule has 0 aromatic heterocycles. The minimum atomic E-state index is -0.888. The van der Waals surface area contributed by atoms with Crippen LogP contribution in [0.5, 0.6) is 0 Å². The highest BCUT2D eigenvalue weighted by Crippen LogP contribution is 2.33. The van der Waals surface area contributed by atoms with E-state index < -0.39 is 11.6 Å². The number of carbonyl (C=O) groups is 1. The molecular weight excluding hydrogens is 132 g/mol. The lowest BCUT2D eigenvalue weighted by molar-refractivity contribution is -0.216. The van der Waals surface area contributed by atoms with Gasteiger partial charge in [-0.15, -0.1) is 0 Å². The fraction of sp³-hybridized carbons (Fsp3) is 0.857. The first kappa shape index (κ1) is 7.54. The summed E-state index contributed by atoms with van der Waals surface area (Å²) in [5.41, 5.74) is -0.888. The van der Waals surface area contributed by atoms with E-state index >= 15 is 0 Å². The van der Waals surface area contributed by atoms with Crippen LogP contribution in [0.1, 0.15) is 26.7 Å². The van der Waals surface area contributed by atoms with Gasteiger partial charge in [-0.1, -0.05) is 6.92 Å². The quantitative estimate of drug-likeness (QED) is 0.629. The number of carboxylic acids is 1. The second-order valence-electron chi connectivity index (χ2n) is 2.89. The molecule has 10 heavy (non-hydrogen) atoms. The molecule has 0 radical (unpaired) electrons. The largest absolute Gasteiger partial charge is 0.479 e. The van der Waals surface area contributed by atoms with Crippen molar-refractivity contribution in [1.29, 1.82) is 0 Å². The third-order valence-electron chi connectivity index (χ3n) is 1.95. The van der Waals surface area contributed by atoms with E-state index in [4.69, 9.17) is 9.84 Å². The third kappa shape index (κ3) is 1.01. The molecule has 0 saturated carbocycles. The summed E-state index contributed by atoms with van der Waals surface area (Å²) < 4.78 is 5.14. The van der Waals surface area contributed by atoms with Crippen LogP contribution in [0.15, 0.2) is 0 Å². The molecule has 1 heterocycles. The Morgan fingerprint density at radius 3 is 2.70 bits per heavy atom. The molecule has 0 bridgehead atoms. The van der Waals surface area contributed by atoms with Crippen LogP contribution in [-0.4, -0.2) is 22.8 Å². The molecule has 2 unspecified atom stereocenters. The maximum absolute atomic E-state index is 10.4. The molecule has 58 valence electrons. The summed E-state index contributed by atoms with van der Waals surface area (Å²) in [5.74, 6) is -0.850. The highest BCUT2D eigenvalue weighted by atomic mass is 16.6. The molecule has 1 rings (SSSR count). The second kappa shape index (κ2) is 2.23. The molecular formula is C7H12O3. The summed E-state index contributed by atoms with van der Waals surface area (Å²) in [7, 11) is 0. The Hall–Kier alpha value is -0.570. The summed E-state index contributed by atoms with van der Waals surface area (Å²) in [5, 5.41) is 8.58. The van der Waals surface area contributed by atoms with E-state index in [-0.39, 0.29) is 6.10 Å². The smallest absolute Gasteiger partial charge is 0.335 e. The third-order valence-corrected chi connectivity index (χ3v) is 1.95. The molecule has 1 aliphatic heterocycles. The highest BCUT2D eigenvalue weighted by molar-refractivity contribution is 5.77. The average molecular weight is 144 g/mol. The van der Waals surface area contributed by atoms with Crippen LogP contribution in [-0.2, 0) is 9.53 Å². The van der Waals surface area contributed by atoms with Gasteiger partial charge in [0.25, 0.3) is 0 Å². The molecule has 1 fully saturated rings. The average Bonchev–Trinajstić information content (AvgIpc) is 1.80. The normalized spacial score (nSPS) is 38.8. The molecule has 0 aliphatic carbocycles. The number of aliphatic carboxylic acids is 1. The lowest BCUT2D eigenvalue weighted by Crippen LogP contribution is -2.53. The highest BCUT2D eigenvalue weighted by Gasteiger charge is 2.46. The number of rotatable bonds is 2. The summed E-state index contributed by atoms with van der Waals surface area (Å²) in [6, 6.07) is 0. The Morgan fingerprint density at radius 2 is 2.40 bits per heavy atom. The lowest BCUT2D eigenvalue weighted by atomic mass is 9.90. The molecule has 0 spiro atoms. The van der Waals surface area contributed by atoms with Crippen LogP contribution in [0.25, 0.3) is 0 Å². The monoisotopic (exact) mass is 144 g/mol. The van der Waals surface area contributed by atoms with E-state index in [1.807, 2.05) is 6.92 Å². The van der Waals surface area contributed by atoms with Gasteiger partial charge in [-0.2, -0.15) is 0 Å². The van der Waals surface area contributed by atoms with Gasteiger partial charge in [-0.25, -0.2) is 4.79 Å². The van der Waals surface area contributed by atoms with E-state index in [0.29, 0.717) is 6.42 Å². The van der Waals surface area contributed by atoms with Gasteiger partial charge in [0.05, 0.1) is 6.10 Å². The Kier molecular flexibility index (Phi) is 1.68. The van der Waals surface area contributed by atoms with Gasteiger partial charge in [-0.3, -0.25) is 0 Å². The fourth-order valence-corrected chi connectivity index (χ4v) is 1.16. The van der Waals surface area contributed by atoms with Gasteiger partial charge >= 0.3 is 5.97 Å². The van der Waals surface area contributed by atoms with Crippen LogP contribution in [0.4, 0.5) is 0 Å². The van der Waals surface area contributed by atoms with Crippen molar-refractivity contribution in [3.8, 4) is 0 Å². The van der Waals surface area contributed by atoms with Crippen molar-refractivity contribution in [2.75, 3.05) is 0 Å². The van der Waals surface area contributed by atoms with Gasteiger partial charge in [0, 0.05) is 6.42 Å². The van der Waals surface area contributed by atoms with Crippen LogP contribution in [0.2, 0.25) is 0 Å². The zero-order valence-corrected chi connectivity index (χ0v) is 6.26. The predicted octanol–water partition coefficient (Wildman–Crippen LogP) is 1.03. The molecule has 1 N–H and O–H groups in total. The van der Waals surface area contributed by atoms with Gasteiger partial charge in [-0.05, 0) is 13.3 Å². The van der Waals surface area contributed by atoms with Crippen LogP contribution < -0.4 is 0 Å². The van der Waals surface area contributed by atoms with E-state index in [9.17, 15) is 4.79 Å². The number of hydrogen-bond acceptors (Lipinski definition) is 2. The second-order valence-corrected chi connectivity index (χ2v) is 2.89. The number of hydrogen-bond donors (Lipinski definition) is 1. The molecule has 0 aromatic rings. The lowest BCUT2D eigenvalue weighted by Gasteiger charge is -2.41. The molecule has 2 atom stereocenters. The number of carboxylic acid groups (broad SMARTS) is 1. The van der Waals surface area contributed by atoms with Crippen LogP contribution in [0.3, 0.4) is 0 Å². The molecule has 3 nitrogen and oxygen atoms in total. The predicted molar refractivity (Wildman–Crippen MR) is 35.8 cm³/mol. The molecule has 0 amide bonds. The van der Waals surface area contributed by atoms with Crippen molar-refractivity contribution in [1.82, 2.24) is 0 Å². The molecule has 0 aromatic carbocycles. The Balaban J connectivity index is 2.42. The summed E-state index contributed by atoms with van der Waals surface area (Å²) in [4.78, 5) is 10.4. The van der Waals surface area contributed by atoms with E-state index in [2.05, 4.69) is 0 Å². The van der Waals surface area contributed by atoms with Crippen molar-refractivity contribution in [3.63, 3.8) is 0 Å². The van der Waals surface area contributed by atoms with E-state index in [1.54, 1.807) is 6.92 Å². The zero-order valence-electron chi connectivity index (χ0n) is 6.26. The van der Waals surface area contributed by atoms with Crippen molar-refractivity contribution >= 4 is 5.97 Å². The Morgan fingerprint density at radius 1 is 1.90 bits per heavy atom. The zero-order chi connectivity index (χ0) is 7.78. The first-order valence-electron chi connectivity index (χ1n) is 3.49. The first-order chi connectivity index (χ1) is 4.58. The Bertz CT molecular complexity index is 147. The number of ether oxygens (including phenoxy) is 1. The summed E-state index contributed by atoms with van der Waals surface area (Å²) in [6.07, 6.45) is 1.72.